The van der Waals surface area contributed by atoms with E-state index < -0.39 is 5.91 Å². The van der Waals surface area contributed by atoms with Gasteiger partial charge in [-0.3, -0.25) is 9.59 Å². The number of hydrogen-bond donors (Lipinski definition) is 2. The van der Waals surface area contributed by atoms with Crippen LogP contribution in [0.4, 0.5) is 5.69 Å². The summed E-state index contributed by atoms with van der Waals surface area (Å²) in [7, 11) is 0. The van der Waals surface area contributed by atoms with Gasteiger partial charge >= 0.3 is 0 Å². The van der Waals surface area contributed by atoms with E-state index in [1.54, 1.807) is 6.07 Å². The molecular formula is C21H17ClN2O3. The molecule has 0 heterocycles. The van der Waals surface area contributed by atoms with Crippen LogP contribution in [0.15, 0.2) is 72.8 Å². The van der Waals surface area contributed by atoms with Crippen molar-refractivity contribution in [2.75, 3.05) is 11.9 Å². The molecule has 3 N–H and O–H groups in total. The molecule has 0 aliphatic carbocycles. The van der Waals surface area contributed by atoms with E-state index in [0.717, 1.165) is 11.1 Å². The Morgan fingerprint density at radius 3 is 2.41 bits per heavy atom. The maximum absolute atomic E-state index is 12.3. The number of carbonyl (C=O) groups excluding carboxylic acids is 2. The number of hydrogen-bond acceptors (Lipinski definition) is 3. The fourth-order valence-corrected chi connectivity index (χ4v) is 2.78. The topological polar surface area (TPSA) is 81.4 Å². The molecule has 0 radical (unpaired) electrons. The lowest BCUT2D eigenvalue weighted by Crippen LogP contribution is -2.22. The van der Waals surface area contributed by atoms with Gasteiger partial charge in [-0.2, -0.15) is 0 Å². The van der Waals surface area contributed by atoms with Gasteiger partial charge in [-0.1, -0.05) is 60.1 Å². The van der Waals surface area contributed by atoms with Crippen molar-refractivity contribution in [1.29, 1.82) is 0 Å². The van der Waals surface area contributed by atoms with Crippen LogP contribution in [0.5, 0.6) is 5.75 Å². The highest BCUT2D eigenvalue weighted by Gasteiger charge is 2.13. The maximum Gasteiger partial charge on any atom is 0.262 e. The monoisotopic (exact) mass is 380 g/mol. The van der Waals surface area contributed by atoms with E-state index >= 15 is 0 Å². The Bertz CT molecular complexity index is 974. The number of amides is 2. The van der Waals surface area contributed by atoms with Gasteiger partial charge in [0.1, 0.15) is 5.75 Å². The van der Waals surface area contributed by atoms with E-state index in [0.29, 0.717) is 10.7 Å². The molecule has 0 aromatic heterocycles. The summed E-state index contributed by atoms with van der Waals surface area (Å²) in [6.07, 6.45) is 0. The average molecular weight is 381 g/mol. The smallest absolute Gasteiger partial charge is 0.262 e. The molecular weight excluding hydrogens is 364 g/mol. The molecule has 0 saturated carbocycles. The summed E-state index contributed by atoms with van der Waals surface area (Å²) in [4.78, 5) is 23.8. The van der Waals surface area contributed by atoms with E-state index in [9.17, 15) is 9.59 Å². The van der Waals surface area contributed by atoms with Gasteiger partial charge in [0.15, 0.2) is 6.61 Å². The third kappa shape index (κ3) is 4.65. The number of para-hydroxylation sites is 1. The van der Waals surface area contributed by atoms with Gasteiger partial charge in [0.2, 0.25) is 0 Å². The van der Waals surface area contributed by atoms with Crippen LogP contribution in [0.25, 0.3) is 11.1 Å². The fourth-order valence-electron chi connectivity index (χ4n) is 2.61. The van der Waals surface area contributed by atoms with Crippen LogP contribution in [0.2, 0.25) is 5.02 Å². The second-order valence-corrected chi connectivity index (χ2v) is 6.19. The first-order valence-electron chi connectivity index (χ1n) is 8.21. The van der Waals surface area contributed by atoms with E-state index in [-0.39, 0.29) is 23.8 Å². The highest BCUT2D eigenvalue weighted by Crippen LogP contribution is 2.27. The molecule has 3 aromatic carbocycles. The van der Waals surface area contributed by atoms with Gasteiger partial charge < -0.3 is 15.8 Å². The highest BCUT2D eigenvalue weighted by atomic mass is 35.5. The second-order valence-electron chi connectivity index (χ2n) is 5.75. The lowest BCUT2D eigenvalue weighted by molar-refractivity contribution is -0.118. The molecule has 0 bridgehead atoms. The van der Waals surface area contributed by atoms with Gasteiger partial charge in [-0.05, 0) is 29.8 Å². The number of ether oxygens (including phenoxy) is 1. The first-order chi connectivity index (χ1) is 13.0. The minimum atomic E-state index is -0.678. The number of primary amides is 1. The Labute approximate surface area is 161 Å². The predicted octanol–water partition coefficient (Wildman–Crippen LogP) is 4.12. The van der Waals surface area contributed by atoms with Crippen LogP contribution in [-0.2, 0) is 4.79 Å². The third-order valence-electron chi connectivity index (χ3n) is 3.85. The minimum absolute atomic E-state index is 0.125. The third-order valence-corrected chi connectivity index (χ3v) is 4.09. The number of nitrogens with two attached hydrogens (primary N) is 1. The largest absolute Gasteiger partial charge is 0.483 e. The standard InChI is InChI=1S/C21H17ClN2O3/c22-15-10-11-19(17(12-15)21(23)26)27-13-20(25)24-18-9-5-4-8-16(18)14-6-2-1-3-7-14/h1-12H,13H2,(H2,23,26)(H,24,25). The van der Waals surface area contributed by atoms with E-state index in [4.69, 9.17) is 22.1 Å². The molecule has 0 atom stereocenters. The number of rotatable bonds is 6. The molecule has 6 heteroatoms. The number of halogens is 1. The highest BCUT2D eigenvalue weighted by molar-refractivity contribution is 6.31. The molecule has 3 rings (SSSR count). The molecule has 0 fully saturated rings. The molecule has 3 aromatic rings. The molecule has 0 aliphatic heterocycles. The summed E-state index contributed by atoms with van der Waals surface area (Å²) in [5.41, 5.74) is 8.00. The molecule has 0 saturated heterocycles. The lowest BCUT2D eigenvalue weighted by atomic mass is 10.0. The maximum atomic E-state index is 12.3. The van der Waals surface area contributed by atoms with E-state index in [1.807, 2.05) is 54.6 Å². The van der Waals surface area contributed by atoms with Crippen molar-refractivity contribution in [2.24, 2.45) is 5.73 Å². The van der Waals surface area contributed by atoms with Crippen molar-refractivity contribution in [3.63, 3.8) is 0 Å². The van der Waals surface area contributed by atoms with Gasteiger partial charge in [0.05, 0.1) is 5.56 Å². The van der Waals surface area contributed by atoms with Gasteiger partial charge in [0.25, 0.3) is 11.8 Å². The van der Waals surface area contributed by atoms with Crippen LogP contribution >= 0.6 is 11.6 Å². The molecule has 0 spiro atoms. The zero-order chi connectivity index (χ0) is 19.2. The zero-order valence-electron chi connectivity index (χ0n) is 14.3. The SMILES string of the molecule is NC(=O)c1cc(Cl)ccc1OCC(=O)Nc1ccccc1-c1ccccc1. The van der Waals surface area contributed by atoms with Crippen molar-refractivity contribution < 1.29 is 14.3 Å². The van der Waals surface area contributed by atoms with Crippen molar-refractivity contribution >= 4 is 29.1 Å². The summed E-state index contributed by atoms with van der Waals surface area (Å²) in [5.74, 6) is -0.829. The lowest BCUT2D eigenvalue weighted by Gasteiger charge is -2.13. The van der Waals surface area contributed by atoms with Crippen LogP contribution in [0, 0.1) is 0 Å². The van der Waals surface area contributed by atoms with Gasteiger partial charge in [0, 0.05) is 16.3 Å². The Morgan fingerprint density at radius 1 is 0.963 bits per heavy atom. The quantitative estimate of drug-likeness (QED) is 0.674. The van der Waals surface area contributed by atoms with Crippen molar-refractivity contribution in [1.82, 2.24) is 0 Å². The molecule has 27 heavy (non-hydrogen) atoms. The van der Waals surface area contributed by atoms with Crippen LogP contribution in [0.3, 0.4) is 0 Å². The number of benzene rings is 3. The van der Waals surface area contributed by atoms with Crippen molar-refractivity contribution in [2.45, 2.75) is 0 Å². The first-order valence-corrected chi connectivity index (χ1v) is 8.59. The number of carbonyl (C=O) groups is 2. The summed E-state index contributed by atoms with van der Waals surface area (Å²) >= 11 is 5.86. The molecule has 2 amide bonds. The molecule has 136 valence electrons. The van der Waals surface area contributed by atoms with Crippen molar-refractivity contribution in [3.05, 3.63) is 83.4 Å². The Hall–Kier alpha value is -3.31. The van der Waals surface area contributed by atoms with E-state index in [1.165, 1.54) is 12.1 Å². The van der Waals surface area contributed by atoms with Crippen molar-refractivity contribution in [3.8, 4) is 16.9 Å². The Morgan fingerprint density at radius 2 is 1.67 bits per heavy atom. The average Bonchev–Trinajstić information content (AvgIpc) is 2.68. The summed E-state index contributed by atoms with van der Waals surface area (Å²) in [6.45, 7) is -0.273. The normalized spacial score (nSPS) is 10.3. The van der Waals surface area contributed by atoms with Crippen LogP contribution < -0.4 is 15.8 Å². The molecule has 5 nitrogen and oxygen atoms in total. The van der Waals surface area contributed by atoms with Gasteiger partial charge in [-0.15, -0.1) is 0 Å². The summed E-state index contributed by atoms with van der Waals surface area (Å²) in [6, 6.07) is 21.7. The predicted molar refractivity (Wildman–Crippen MR) is 106 cm³/mol. The van der Waals surface area contributed by atoms with Crippen LogP contribution in [-0.4, -0.2) is 18.4 Å². The zero-order valence-corrected chi connectivity index (χ0v) is 15.1. The Balaban J connectivity index is 1.72. The first kappa shape index (κ1) is 18.5. The Kier molecular flexibility index (Phi) is 5.74. The van der Waals surface area contributed by atoms with Gasteiger partial charge in [-0.25, -0.2) is 0 Å². The van der Waals surface area contributed by atoms with Crippen LogP contribution in [0.1, 0.15) is 10.4 Å². The number of anilines is 1. The molecule has 0 aliphatic rings. The fraction of sp³-hybridized carbons (Fsp3) is 0.0476. The molecule has 0 unspecified atom stereocenters. The second kappa shape index (κ2) is 8.38. The minimum Gasteiger partial charge on any atom is -0.483 e. The summed E-state index contributed by atoms with van der Waals surface area (Å²) < 4.78 is 5.46. The number of nitrogens with one attached hydrogen (secondary N) is 1. The summed E-state index contributed by atoms with van der Waals surface area (Å²) in [5, 5.41) is 3.19. The van der Waals surface area contributed by atoms with E-state index in [2.05, 4.69) is 5.32 Å².